The van der Waals surface area contributed by atoms with Crippen molar-refractivity contribution in [1.82, 2.24) is 0 Å². The van der Waals surface area contributed by atoms with Crippen molar-refractivity contribution in [3.05, 3.63) is 0 Å². The van der Waals surface area contributed by atoms with Gasteiger partial charge in [-0.2, -0.15) is 0 Å². The molecule has 4 unspecified atom stereocenters. The van der Waals surface area contributed by atoms with Crippen LogP contribution < -0.4 is 0 Å². The largest absolute Gasteiger partial charge is 0.349 e. The van der Waals surface area contributed by atoms with Crippen LogP contribution in [0.3, 0.4) is 0 Å². The molecule has 0 radical (unpaired) electrons. The second-order valence-electron chi connectivity index (χ2n) is 14.7. The van der Waals surface area contributed by atoms with Crippen LogP contribution in [0.25, 0.3) is 0 Å². The standard InChI is InChI=1S/C30H46O3/c1-19(2)21-9-13-26(4)20-8-15-28-12-6-7-22(28)29(26,30(21,28)17-20)16-10-23(31)25(3)18-32-27(5)14-11-24(25)33-27/h19-22,24H,6-18H2,1-5H3/t20?,21?,22?,24?,25-,26-,27+,28+,29+,30+/m0/s1. The number of carbonyl (C=O) groups excluding carboxylic acids is 1. The zero-order valence-electron chi connectivity index (χ0n) is 21.8. The Kier molecular flexibility index (Phi) is 4.16. The number of hydrogen-bond donors (Lipinski definition) is 0. The molecule has 5 bridgehead atoms. The molecule has 7 aliphatic rings. The third-order valence-electron chi connectivity index (χ3n) is 13.9. The normalized spacial score (nSPS) is 60.1. The third kappa shape index (κ3) is 2.11. The van der Waals surface area contributed by atoms with Crippen molar-refractivity contribution < 1.29 is 14.3 Å². The van der Waals surface area contributed by atoms with Crippen LogP contribution in [0, 0.1) is 50.7 Å². The maximum atomic E-state index is 14.0. The lowest BCUT2D eigenvalue weighted by atomic mass is 9.23. The lowest BCUT2D eigenvalue weighted by molar-refractivity contribution is -0.334. The number of Topliss-reactive ketones (excluding diaryl/α,β-unsaturated/α-hetero) is 1. The maximum absolute atomic E-state index is 14.0. The van der Waals surface area contributed by atoms with E-state index in [1.54, 1.807) is 0 Å². The molecule has 7 fully saturated rings. The highest BCUT2D eigenvalue weighted by Crippen LogP contribution is 2.97. The molecule has 184 valence electrons. The van der Waals surface area contributed by atoms with Crippen LogP contribution in [-0.4, -0.2) is 24.3 Å². The van der Waals surface area contributed by atoms with E-state index in [1.807, 2.05) is 0 Å². The second-order valence-corrected chi connectivity index (χ2v) is 14.7. The van der Waals surface area contributed by atoms with Gasteiger partial charge in [-0.15, -0.1) is 0 Å². The lowest BCUT2D eigenvalue weighted by Gasteiger charge is -2.80. The van der Waals surface area contributed by atoms with Crippen molar-refractivity contribution in [3.8, 4) is 0 Å². The van der Waals surface area contributed by atoms with Crippen molar-refractivity contribution in [2.75, 3.05) is 6.61 Å². The molecule has 0 N–H and O–H groups in total. The van der Waals surface area contributed by atoms with Crippen molar-refractivity contribution in [1.29, 1.82) is 0 Å². The smallest absolute Gasteiger partial charge is 0.166 e. The molecular formula is C30H46O3. The van der Waals surface area contributed by atoms with E-state index in [1.165, 1.54) is 51.4 Å². The summed E-state index contributed by atoms with van der Waals surface area (Å²) in [5.41, 5.74) is 1.56. The highest BCUT2D eigenvalue weighted by molar-refractivity contribution is 5.85. The molecule has 0 aromatic rings. The van der Waals surface area contributed by atoms with Crippen molar-refractivity contribution in [3.63, 3.8) is 0 Å². The van der Waals surface area contributed by atoms with E-state index in [0.717, 1.165) is 49.4 Å². The first-order valence-corrected chi connectivity index (χ1v) is 14.4. The number of ketones is 1. The SMILES string of the molecule is CC(C)C1CC[C@@]2(C)C3CC[C@]45CCCC4[C@@]2(CCC(=O)[C@]2(C)CO[C@@]4(C)CCC2O4)[C@]15C3. The minimum atomic E-state index is -0.456. The predicted octanol–water partition coefficient (Wildman–Crippen LogP) is 6.93. The highest BCUT2D eigenvalue weighted by Gasteiger charge is 2.91. The molecule has 0 amide bonds. The van der Waals surface area contributed by atoms with Crippen LogP contribution >= 0.6 is 0 Å². The topological polar surface area (TPSA) is 35.5 Å². The van der Waals surface area contributed by atoms with E-state index in [4.69, 9.17) is 9.47 Å². The first kappa shape index (κ1) is 21.8. The number of carbonyl (C=O) groups is 1. The summed E-state index contributed by atoms with van der Waals surface area (Å²) in [5, 5.41) is 0. The van der Waals surface area contributed by atoms with Gasteiger partial charge in [-0.3, -0.25) is 4.79 Å². The van der Waals surface area contributed by atoms with Gasteiger partial charge in [0.15, 0.2) is 5.79 Å². The Morgan fingerprint density at radius 1 is 1.00 bits per heavy atom. The first-order valence-electron chi connectivity index (χ1n) is 14.4. The Balaban J connectivity index is 1.25. The molecule has 5 saturated carbocycles. The van der Waals surface area contributed by atoms with Crippen molar-refractivity contribution >= 4 is 5.78 Å². The Labute approximate surface area is 201 Å². The van der Waals surface area contributed by atoms with E-state index >= 15 is 0 Å². The van der Waals surface area contributed by atoms with Crippen LogP contribution in [-0.2, 0) is 14.3 Å². The number of hydrogen-bond acceptors (Lipinski definition) is 3. The molecule has 10 atom stereocenters. The molecule has 2 aliphatic heterocycles. The quantitative estimate of drug-likeness (QED) is 0.452. The summed E-state index contributed by atoms with van der Waals surface area (Å²) in [4.78, 5) is 14.0. The molecular weight excluding hydrogens is 408 g/mol. The molecule has 7 rings (SSSR count). The fourth-order valence-electron chi connectivity index (χ4n) is 12.8. The average Bonchev–Trinajstić information content (AvgIpc) is 3.30. The van der Waals surface area contributed by atoms with E-state index in [9.17, 15) is 4.79 Å². The van der Waals surface area contributed by atoms with Gasteiger partial charge in [-0.25, -0.2) is 0 Å². The van der Waals surface area contributed by atoms with Gasteiger partial charge >= 0.3 is 0 Å². The summed E-state index contributed by atoms with van der Waals surface area (Å²) >= 11 is 0. The summed E-state index contributed by atoms with van der Waals surface area (Å²) in [5.74, 6) is 3.42. The third-order valence-corrected chi connectivity index (χ3v) is 13.9. The summed E-state index contributed by atoms with van der Waals surface area (Å²) in [7, 11) is 0. The van der Waals surface area contributed by atoms with E-state index in [2.05, 4.69) is 34.6 Å². The van der Waals surface area contributed by atoms with Crippen molar-refractivity contribution in [2.45, 2.75) is 124 Å². The zero-order valence-corrected chi connectivity index (χ0v) is 21.8. The summed E-state index contributed by atoms with van der Waals surface area (Å²) in [6, 6.07) is 0. The molecule has 3 nitrogen and oxygen atoms in total. The highest BCUT2D eigenvalue weighted by atomic mass is 16.7. The molecule has 0 aromatic carbocycles. The number of rotatable bonds is 5. The summed E-state index contributed by atoms with van der Waals surface area (Å²) < 4.78 is 12.4. The Hall–Kier alpha value is -0.410. The molecule has 2 saturated heterocycles. The lowest BCUT2D eigenvalue weighted by Crippen LogP contribution is -2.76. The molecule has 0 aromatic heterocycles. The second kappa shape index (κ2) is 6.28. The average molecular weight is 455 g/mol. The summed E-state index contributed by atoms with van der Waals surface area (Å²) in [6.07, 6.45) is 15.5. The van der Waals surface area contributed by atoms with Crippen molar-refractivity contribution in [2.24, 2.45) is 50.7 Å². The Morgan fingerprint density at radius 3 is 2.61 bits per heavy atom. The van der Waals surface area contributed by atoms with Gasteiger partial charge in [0.25, 0.3) is 0 Å². The van der Waals surface area contributed by atoms with Gasteiger partial charge in [0.05, 0.1) is 18.1 Å². The van der Waals surface area contributed by atoms with Gasteiger partial charge in [-0.05, 0) is 117 Å². The van der Waals surface area contributed by atoms with Crippen LogP contribution in [0.5, 0.6) is 0 Å². The van der Waals surface area contributed by atoms with Gasteiger partial charge in [0.2, 0.25) is 0 Å². The minimum absolute atomic E-state index is 0.0488. The van der Waals surface area contributed by atoms with Crippen LogP contribution in [0.2, 0.25) is 0 Å². The molecule has 2 heterocycles. The van der Waals surface area contributed by atoms with E-state index in [-0.39, 0.29) is 6.10 Å². The van der Waals surface area contributed by atoms with Gasteiger partial charge in [0.1, 0.15) is 5.78 Å². The monoisotopic (exact) mass is 454 g/mol. The maximum Gasteiger partial charge on any atom is 0.166 e. The Morgan fingerprint density at radius 2 is 1.82 bits per heavy atom. The molecule has 2 spiro atoms. The first-order chi connectivity index (χ1) is 15.6. The Bertz CT molecular complexity index is 897. The fraction of sp³-hybridized carbons (Fsp3) is 0.967. The molecule has 5 aliphatic carbocycles. The number of fused-ring (bicyclic) bond motifs is 4. The van der Waals surface area contributed by atoms with Crippen LogP contribution in [0.15, 0.2) is 0 Å². The van der Waals surface area contributed by atoms with Gasteiger partial charge < -0.3 is 9.47 Å². The molecule has 33 heavy (non-hydrogen) atoms. The molecule has 3 heteroatoms. The van der Waals surface area contributed by atoms with E-state index < -0.39 is 11.2 Å². The fourth-order valence-corrected chi connectivity index (χ4v) is 12.8. The van der Waals surface area contributed by atoms with Gasteiger partial charge in [-0.1, -0.05) is 27.2 Å². The zero-order chi connectivity index (χ0) is 23.1. The van der Waals surface area contributed by atoms with Crippen LogP contribution in [0.4, 0.5) is 0 Å². The van der Waals surface area contributed by atoms with Crippen LogP contribution in [0.1, 0.15) is 112 Å². The summed E-state index contributed by atoms with van der Waals surface area (Å²) in [6.45, 7) is 12.5. The predicted molar refractivity (Wildman–Crippen MR) is 128 cm³/mol. The van der Waals surface area contributed by atoms with E-state index in [0.29, 0.717) is 34.1 Å². The minimum Gasteiger partial charge on any atom is -0.349 e. The van der Waals surface area contributed by atoms with Gasteiger partial charge in [0, 0.05) is 12.8 Å². The number of ether oxygens (including phenoxy) is 2.